The number of hydrogen-bond acceptors (Lipinski definition) is 5. The van der Waals surface area contributed by atoms with E-state index in [1.165, 1.54) is 24.9 Å². The van der Waals surface area contributed by atoms with Gasteiger partial charge >= 0.3 is 5.97 Å². The van der Waals surface area contributed by atoms with Crippen LogP contribution < -0.4 is 5.32 Å². The number of rotatable bonds is 6. The van der Waals surface area contributed by atoms with Crippen LogP contribution in [0.15, 0.2) is 47.5 Å². The number of anilines is 1. The predicted octanol–water partition coefficient (Wildman–Crippen LogP) is 4.09. The Balaban J connectivity index is 1.89. The van der Waals surface area contributed by atoms with Gasteiger partial charge in [-0.3, -0.25) is 9.59 Å². The standard InChI is InChI=1S/C18H19ClN2O3S/c1-11-6-8-14(9-7-11)25-13(3)18(23)24-12(2)17(22)21-15-5-4-10-20-16(15)19/h4-10,12-13H,1-3H3,(H,21,22)/t12-,13-/m0/s1. The van der Waals surface area contributed by atoms with E-state index in [9.17, 15) is 9.59 Å². The molecule has 1 aromatic heterocycles. The zero-order valence-electron chi connectivity index (χ0n) is 14.2. The molecule has 0 fully saturated rings. The lowest BCUT2D eigenvalue weighted by molar-refractivity contribution is -0.152. The van der Waals surface area contributed by atoms with Crippen molar-refractivity contribution in [3.8, 4) is 0 Å². The van der Waals surface area contributed by atoms with Crippen LogP contribution in [0.4, 0.5) is 5.69 Å². The summed E-state index contributed by atoms with van der Waals surface area (Å²) >= 11 is 7.28. The summed E-state index contributed by atoms with van der Waals surface area (Å²) in [5.74, 6) is -0.915. The van der Waals surface area contributed by atoms with Crippen LogP contribution in [0, 0.1) is 6.92 Å². The Morgan fingerprint density at radius 2 is 1.88 bits per heavy atom. The monoisotopic (exact) mass is 378 g/mol. The first-order valence-electron chi connectivity index (χ1n) is 7.72. The maximum Gasteiger partial charge on any atom is 0.319 e. The van der Waals surface area contributed by atoms with E-state index in [1.54, 1.807) is 19.1 Å². The topological polar surface area (TPSA) is 68.3 Å². The summed E-state index contributed by atoms with van der Waals surface area (Å²) in [6.07, 6.45) is 0.579. The second-order valence-electron chi connectivity index (χ2n) is 5.48. The average molecular weight is 379 g/mol. The maximum atomic E-state index is 12.2. The zero-order chi connectivity index (χ0) is 18.4. The van der Waals surface area contributed by atoms with E-state index in [2.05, 4.69) is 10.3 Å². The third-order valence-electron chi connectivity index (χ3n) is 3.34. The van der Waals surface area contributed by atoms with Crippen LogP contribution in [-0.4, -0.2) is 28.2 Å². The number of benzene rings is 1. The van der Waals surface area contributed by atoms with Gasteiger partial charge in [0, 0.05) is 11.1 Å². The Labute approximate surface area is 156 Å². The molecule has 1 N–H and O–H groups in total. The highest BCUT2D eigenvalue weighted by molar-refractivity contribution is 8.00. The normalized spacial score (nSPS) is 13.0. The summed E-state index contributed by atoms with van der Waals surface area (Å²) in [7, 11) is 0. The molecule has 1 amide bonds. The van der Waals surface area contributed by atoms with Crippen molar-refractivity contribution in [2.24, 2.45) is 0 Å². The van der Waals surface area contributed by atoms with Gasteiger partial charge in [-0.15, -0.1) is 11.8 Å². The number of nitrogens with one attached hydrogen (secondary N) is 1. The van der Waals surface area contributed by atoms with Gasteiger partial charge in [-0.1, -0.05) is 29.3 Å². The molecule has 0 saturated carbocycles. The van der Waals surface area contributed by atoms with Gasteiger partial charge in [0.15, 0.2) is 11.3 Å². The van der Waals surface area contributed by atoms with Crippen LogP contribution in [-0.2, 0) is 14.3 Å². The minimum atomic E-state index is -0.940. The number of esters is 1. The second kappa shape index (κ2) is 8.87. The minimum absolute atomic E-state index is 0.178. The van der Waals surface area contributed by atoms with Gasteiger partial charge in [-0.2, -0.15) is 0 Å². The molecular formula is C18H19ClN2O3S. The lowest BCUT2D eigenvalue weighted by Gasteiger charge is -2.16. The van der Waals surface area contributed by atoms with Crippen molar-refractivity contribution in [3.05, 3.63) is 53.3 Å². The summed E-state index contributed by atoms with van der Waals surface area (Å²) in [4.78, 5) is 29.2. The Morgan fingerprint density at radius 1 is 1.20 bits per heavy atom. The van der Waals surface area contributed by atoms with Gasteiger partial charge in [0.2, 0.25) is 0 Å². The van der Waals surface area contributed by atoms with Crippen LogP contribution in [0.3, 0.4) is 0 Å². The van der Waals surface area contributed by atoms with Gasteiger partial charge < -0.3 is 10.1 Å². The number of halogens is 1. The molecule has 7 heteroatoms. The first-order chi connectivity index (χ1) is 11.9. The van der Waals surface area contributed by atoms with E-state index in [-0.39, 0.29) is 5.15 Å². The van der Waals surface area contributed by atoms with E-state index in [1.807, 2.05) is 31.2 Å². The van der Waals surface area contributed by atoms with Crippen molar-refractivity contribution < 1.29 is 14.3 Å². The fourth-order valence-corrected chi connectivity index (χ4v) is 2.93. The molecule has 25 heavy (non-hydrogen) atoms. The molecule has 1 aromatic carbocycles. The highest BCUT2D eigenvalue weighted by Gasteiger charge is 2.23. The van der Waals surface area contributed by atoms with E-state index in [4.69, 9.17) is 16.3 Å². The molecule has 2 aromatic rings. The lowest BCUT2D eigenvalue weighted by atomic mass is 10.2. The summed E-state index contributed by atoms with van der Waals surface area (Å²) in [6, 6.07) is 11.1. The molecule has 0 aliphatic rings. The summed E-state index contributed by atoms with van der Waals surface area (Å²) < 4.78 is 5.25. The van der Waals surface area contributed by atoms with E-state index in [0.29, 0.717) is 5.69 Å². The largest absolute Gasteiger partial charge is 0.452 e. The molecule has 132 valence electrons. The minimum Gasteiger partial charge on any atom is -0.452 e. The van der Waals surface area contributed by atoms with Crippen LogP contribution in [0.1, 0.15) is 19.4 Å². The molecule has 0 aliphatic carbocycles. The number of aromatic nitrogens is 1. The fraction of sp³-hybridized carbons (Fsp3) is 0.278. The molecule has 0 bridgehead atoms. The quantitative estimate of drug-likeness (QED) is 0.465. The van der Waals surface area contributed by atoms with Crippen molar-refractivity contribution in [1.82, 2.24) is 4.98 Å². The summed E-state index contributed by atoms with van der Waals surface area (Å²) in [5, 5.41) is 2.34. The zero-order valence-corrected chi connectivity index (χ0v) is 15.7. The van der Waals surface area contributed by atoms with Gasteiger partial charge in [0.1, 0.15) is 5.25 Å². The number of amides is 1. The van der Waals surface area contributed by atoms with Crippen LogP contribution in [0.5, 0.6) is 0 Å². The molecule has 1 heterocycles. The first kappa shape index (κ1) is 19.3. The molecule has 2 atom stereocenters. The van der Waals surface area contributed by atoms with Crippen molar-refractivity contribution >= 4 is 40.9 Å². The van der Waals surface area contributed by atoms with E-state index >= 15 is 0 Å². The number of pyridine rings is 1. The third-order valence-corrected chi connectivity index (χ3v) is 4.74. The van der Waals surface area contributed by atoms with Crippen LogP contribution >= 0.6 is 23.4 Å². The van der Waals surface area contributed by atoms with Crippen LogP contribution in [0.2, 0.25) is 5.15 Å². The molecule has 0 spiro atoms. The van der Waals surface area contributed by atoms with Gasteiger partial charge in [0.25, 0.3) is 5.91 Å². The highest BCUT2D eigenvalue weighted by atomic mass is 35.5. The number of aryl methyl sites for hydroxylation is 1. The average Bonchev–Trinajstić information content (AvgIpc) is 2.58. The highest BCUT2D eigenvalue weighted by Crippen LogP contribution is 2.24. The number of carbonyl (C=O) groups excluding carboxylic acids is 2. The molecule has 2 rings (SSSR count). The van der Waals surface area contributed by atoms with E-state index in [0.717, 1.165) is 10.5 Å². The number of ether oxygens (including phenoxy) is 1. The number of nitrogens with zero attached hydrogens (tertiary/aromatic N) is 1. The SMILES string of the molecule is Cc1ccc(S[C@@H](C)C(=O)O[C@@H](C)C(=O)Nc2cccnc2Cl)cc1. The van der Waals surface area contributed by atoms with Crippen molar-refractivity contribution in [2.45, 2.75) is 37.0 Å². The van der Waals surface area contributed by atoms with Crippen molar-refractivity contribution in [1.29, 1.82) is 0 Å². The van der Waals surface area contributed by atoms with Crippen molar-refractivity contribution in [2.75, 3.05) is 5.32 Å². The van der Waals surface area contributed by atoms with Crippen LogP contribution in [0.25, 0.3) is 0 Å². The number of hydrogen-bond donors (Lipinski definition) is 1. The third kappa shape index (κ3) is 5.76. The van der Waals surface area contributed by atoms with Gasteiger partial charge in [0.05, 0.1) is 5.69 Å². The smallest absolute Gasteiger partial charge is 0.319 e. The van der Waals surface area contributed by atoms with Gasteiger partial charge in [-0.05, 0) is 45.0 Å². The maximum absolute atomic E-state index is 12.2. The Hall–Kier alpha value is -2.05. The molecule has 0 unspecified atom stereocenters. The molecule has 0 saturated heterocycles. The molecule has 5 nitrogen and oxygen atoms in total. The Bertz CT molecular complexity index is 752. The number of carbonyl (C=O) groups is 2. The number of thioether (sulfide) groups is 1. The predicted molar refractivity (Wildman–Crippen MR) is 99.9 cm³/mol. The molecule has 0 radical (unpaired) electrons. The van der Waals surface area contributed by atoms with E-state index < -0.39 is 23.2 Å². The summed E-state index contributed by atoms with van der Waals surface area (Å²) in [6.45, 7) is 5.26. The van der Waals surface area contributed by atoms with Gasteiger partial charge in [-0.25, -0.2) is 4.98 Å². The Kier molecular flexibility index (Phi) is 6.84. The Morgan fingerprint density at radius 3 is 2.52 bits per heavy atom. The summed E-state index contributed by atoms with van der Waals surface area (Å²) in [5.41, 5.74) is 1.53. The fourth-order valence-electron chi connectivity index (χ4n) is 1.91. The molecular weight excluding hydrogens is 360 g/mol. The second-order valence-corrected chi connectivity index (χ2v) is 7.26. The molecule has 0 aliphatic heterocycles. The van der Waals surface area contributed by atoms with Crippen molar-refractivity contribution in [3.63, 3.8) is 0 Å². The first-order valence-corrected chi connectivity index (χ1v) is 8.98. The lowest BCUT2D eigenvalue weighted by Crippen LogP contribution is -2.32.